The number of benzene rings is 2. The summed E-state index contributed by atoms with van der Waals surface area (Å²) < 4.78 is 1.01. The molecule has 0 spiro atoms. The number of halogens is 1. The van der Waals surface area contributed by atoms with Crippen LogP contribution in [0.3, 0.4) is 0 Å². The molecule has 0 N–H and O–H groups in total. The molecule has 1 nitrogen and oxygen atoms in total. The van der Waals surface area contributed by atoms with E-state index in [4.69, 9.17) is 0 Å². The lowest BCUT2D eigenvalue weighted by molar-refractivity contribution is 1.35. The van der Waals surface area contributed by atoms with Crippen molar-refractivity contribution in [1.29, 1.82) is 0 Å². The standard InChI is InChI=1S/C17H12BrN/c18-15-12-14-8-4-5-9-16(14)19-17(15)11-10-13-6-2-1-3-7-13/h1-12H/b11-10+. The van der Waals surface area contributed by atoms with Crippen LogP contribution in [0.2, 0.25) is 0 Å². The molecule has 1 aromatic heterocycles. The molecule has 0 aliphatic carbocycles. The fourth-order valence-corrected chi connectivity index (χ4v) is 2.43. The van der Waals surface area contributed by atoms with Crippen molar-refractivity contribution in [2.24, 2.45) is 0 Å². The maximum Gasteiger partial charge on any atom is 0.0779 e. The summed E-state index contributed by atoms with van der Waals surface area (Å²) in [5.74, 6) is 0. The van der Waals surface area contributed by atoms with Crippen molar-refractivity contribution in [2.45, 2.75) is 0 Å². The SMILES string of the molecule is Brc1cc2ccccc2nc1/C=C/c1ccccc1. The predicted octanol–water partition coefficient (Wildman–Crippen LogP) is 5.17. The molecule has 0 fully saturated rings. The maximum atomic E-state index is 4.66. The van der Waals surface area contributed by atoms with E-state index in [2.05, 4.69) is 51.3 Å². The van der Waals surface area contributed by atoms with Crippen LogP contribution in [0.4, 0.5) is 0 Å². The topological polar surface area (TPSA) is 12.9 Å². The van der Waals surface area contributed by atoms with Crippen LogP contribution in [0, 0.1) is 0 Å². The van der Waals surface area contributed by atoms with Gasteiger partial charge in [0.25, 0.3) is 0 Å². The molecule has 2 aromatic carbocycles. The third-order valence-electron chi connectivity index (χ3n) is 2.94. The van der Waals surface area contributed by atoms with Crippen LogP contribution in [0.1, 0.15) is 11.3 Å². The lowest BCUT2D eigenvalue weighted by Gasteiger charge is -2.02. The minimum Gasteiger partial charge on any atom is -0.247 e. The zero-order valence-corrected chi connectivity index (χ0v) is 11.8. The van der Waals surface area contributed by atoms with Crippen LogP contribution in [-0.4, -0.2) is 4.98 Å². The Morgan fingerprint density at radius 2 is 1.58 bits per heavy atom. The van der Waals surface area contributed by atoms with Gasteiger partial charge in [-0.1, -0.05) is 54.6 Å². The van der Waals surface area contributed by atoms with E-state index in [1.54, 1.807) is 0 Å². The maximum absolute atomic E-state index is 4.66. The molecule has 0 saturated carbocycles. The largest absolute Gasteiger partial charge is 0.247 e. The summed E-state index contributed by atoms with van der Waals surface area (Å²) in [7, 11) is 0. The summed E-state index contributed by atoms with van der Waals surface area (Å²) in [4.78, 5) is 4.66. The van der Waals surface area contributed by atoms with Gasteiger partial charge in [0.1, 0.15) is 0 Å². The quantitative estimate of drug-likeness (QED) is 0.636. The smallest absolute Gasteiger partial charge is 0.0779 e. The fourth-order valence-electron chi connectivity index (χ4n) is 1.96. The molecule has 0 aliphatic rings. The first-order valence-corrected chi connectivity index (χ1v) is 6.91. The second-order valence-electron chi connectivity index (χ2n) is 4.29. The summed E-state index contributed by atoms with van der Waals surface area (Å²) >= 11 is 3.58. The van der Waals surface area contributed by atoms with Crippen molar-refractivity contribution in [3.8, 4) is 0 Å². The number of hydrogen-bond acceptors (Lipinski definition) is 1. The number of rotatable bonds is 2. The van der Waals surface area contributed by atoms with E-state index in [0.29, 0.717) is 0 Å². The molecular weight excluding hydrogens is 298 g/mol. The first kappa shape index (κ1) is 12.1. The number of nitrogens with zero attached hydrogens (tertiary/aromatic N) is 1. The van der Waals surface area contributed by atoms with Crippen LogP contribution in [-0.2, 0) is 0 Å². The Kier molecular flexibility index (Phi) is 3.43. The summed E-state index contributed by atoms with van der Waals surface area (Å²) in [5, 5.41) is 1.14. The Morgan fingerprint density at radius 3 is 2.42 bits per heavy atom. The van der Waals surface area contributed by atoms with Gasteiger partial charge in [0, 0.05) is 9.86 Å². The highest BCUT2D eigenvalue weighted by Crippen LogP contribution is 2.23. The van der Waals surface area contributed by atoms with Gasteiger partial charge in [-0.05, 0) is 39.7 Å². The van der Waals surface area contributed by atoms with Crippen molar-refractivity contribution in [3.05, 3.63) is 76.4 Å². The van der Waals surface area contributed by atoms with E-state index in [1.165, 1.54) is 5.56 Å². The minimum absolute atomic E-state index is 0.947. The number of fused-ring (bicyclic) bond motifs is 1. The van der Waals surface area contributed by atoms with Crippen molar-refractivity contribution < 1.29 is 0 Å². The molecule has 0 amide bonds. The first-order chi connectivity index (χ1) is 9.33. The Hall–Kier alpha value is -1.93. The predicted molar refractivity (Wildman–Crippen MR) is 84.8 cm³/mol. The van der Waals surface area contributed by atoms with E-state index < -0.39 is 0 Å². The highest BCUT2D eigenvalue weighted by Gasteiger charge is 2.01. The third-order valence-corrected chi connectivity index (χ3v) is 3.57. The van der Waals surface area contributed by atoms with E-state index in [-0.39, 0.29) is 0 Å². The molecule has 0 atom stereocenters. The Balaban J connectivity index is 2.01. The van der Waals surface area contributed by atoms with E-state index in [0.717, 1.165) is 21.1 Å². The van der Waals surface area contributed by atoms with Gasteiger partial charge in [0.15, 0.2) is 0 Å². The highest BCUT2D eigenvalue weighted by atomic mass is 79.9. The van der Waals surface area contributed by atoms with Gasteiger partial charge >= 0.3 is 0 Å². The molecule has 0 saturated heterocycles. The second-order valence-corrected chi connectivity index (χ2v) is 5.15. The van der Waals surface area contributed by atoms with Crippen molar-refractivity contribution in [2.75, 3.05) is 0 Å². The minimum atomic E-state index is 0.947. The zero-order valence-electron chi connectivity index (χ0n) is 10.3. The molecule has 0 aliphatic heterocycles. The average molecular weight is 310 g/mol. The highest BCUT2D eigenvalue weighted by molar-refractivity contribution is 9.10. The fraction of sp³-hybridized carbons (Fsp3) is 0. The zero-order chi connectivity index (χ0) is 13.1. The van der Waals surface area contributed by atoms with Crippen LogP contribution >= 0.6 is 15.9 Å². The molecule has 3 rings (SSSR count). The number of hydrogen-bond donors (Lipinski definition) is 0. The lowest BCUT2D eigenvalue weighted by Crippen LogP contribution is -1.85. The van der Waals surface area contributed by atoms with E-state index in [1.807, 2.05) is 42.5 Å². The van der Waals surface area contributed by atoms with Gasteiger partial charge < -0.3 is 0 Å². The Bertz CT molecular complexity index is 733. The van der Waals surface area contributed by atoms with Crippen molar-refractivity contribution in [3.63, 3.8) is 0 Å². The monoisotopic (exact) mass is 309 g/mol. The van der Waals surface area contributed by atoms with Gasteiger partial charge in [-0.2, -0.15) is 0 Å². The first-order valence-electron chi connectivity index (χ1n) is 6.11. The lowest BCUT2D eigenvalue weighted by atomic mass is 10.1. The van der Waals surface area contributed by atoms with Crippen LogP contribution < -0.4 is 0 Å². The molecular formula is C17H12BrN. The average Bonchev–Trinajstić information content (AvgIpc) is 2.46. The Labute approximate surface area is 120 Å². The summed E-state index contributed by atoms with van der Waals surface area (Å²) in [6.07, 6.45) is 4.10. The normalized spacial score (nSPS) is 11.2. The van der Waals surface area contributed by atoms with Gasteiger partial charge in [0.05, 0.1) is 11.2 Å². The second kappa shape index (κ2) is 5.37. The van der Waals surface area contributed by atoms with Crippen LogP contribution in [0.25, 0.3) is 23.1 Å². The van der Waals surface area contributed by atoms with Gasteiger partial charge in [0.2, 0.25) is 0 Å². The summed E-state index contributed by atoms with van der Waals surface area (Å²) in [6.45, 7) is 0. The van der Waals surface area contributed by atoms with Gasteiger partial charge in [-0.25, -0.2) is 4.98 Å². The molecule has 3 aromatic rings. The number of aromatic nitrogens is 1. The summed E-state index contributed by atoms with van der Waals surface area (Å²) in [6, 6.07) is 20.5. The van der Waals surface area contributed by atoms with Crippen molar-refractivity contribution in [1.82, 2.24) is 4.98 Å². The molecule has 92 valence electrons. The van der Waals surface area contributed by atoms with Gasteiger partial charge in [-0.15, -0.1) is 0 Å². The molecule has 0 bridgehead atoms. The molecule has 19 heavy (non-hydrogen) atoms. The van der Waals surface area contributed by atoms with Gasteiger partial charge in [-0.3, -0.25) is 0 Å². The molecule has 0 radical (unpaired) electrons. The Morgan fingerprint density at radius 1 is 0.842 bits per heavy atom. The number of pyridine rings is 1. The third kappa shape index (κ3) is 2.74. The molecule has 2 heteroatoms. The van der Waals surface area contributed by atoms with E-state index >= 15 is 0 Å². The summed E-state index contributed by atoms with van der Waals surface area (Å²) in [5.41, 5.74) is 3.13. The number of para-hydroxylation sites is 1. The van der Waals surface area contributed by atoms with Crippen LogP contribution in [0.5, 0.6) is 0 Å². The molecule has 0 unspecified atom stereocenters. The van der Waals surface area contributed by atoms with Crippen molar-refractivity contribution >= 4 is 39.0 Å². The van der Waals surface area contributed by atoms with Crippen LogP contribution in [0.15, 0.2) is 65.1 Å². The molecule has 1 heterocycles. The van der Waals surface area contributed by atoms with E-state index in [9.17, 15) is 0 Å².